The second kappa shape index (κ2) is 10.6. The van der Waals surface area contributed by atoms with E-state index in [0.29, 0.717) is 19.0 Å². The molecule has 154 valence electrons. The molecule has 0 aromatic carbocycles. The molecule has 2 aromatic heterocycles. The fourth-order valence-corrected chi connectivity index (χ4v) is 4.12. The Morgan fingerprint density at radius 2 is 2.25 bits per heavy atom. The van der Waals surface area contributed by atoms with Crippen LogP contribution in [-0.4, -0.2) is 60.9 Å². The van der Waals surface area contributed by atoms with Crippen LogP contribution in [0.15, 0.2) is 33.2 Å². The number of rotatable bonds is 5. The first-order chi connectivity index (χ1) is 13.3. The molecule has 1 N–H and O–H groups in total. The minimum absolute atomic E-state index is 0. The molecule has 28 heavy (non-hydrogen) atoms. The van der Waals surface area contributed by atoms with Gasteiger partial charge in [0.25, 0.3) is 0 Å². The van der Waals surface area contributed by atoms with Gasteiger partial charge in [-0.1, -0.05) is 6.07 Å². The molecule has 4 heterocycles. The first-order valence-electron chi connectivity index (χ1n) is 9.58. The smallest absolute Gasteiger partial charge is 0.236 e. The van der Waals surface area contributed by atoms with Crippen molar-refractivity contribution in [3.63, 3.8) is 0 Å². The van der Waals surface area contributed by atoms with E-state index in [4.69, 9.17) is 18.9 Å². The van der Waals surface area contributed by atoms with Crippen molar-refractivity contribution < 1.29 is 13.9 Å². The first kappa shape index (κ1) is 21.5. The third-order valence-corrected chi connectivity index (χ3v) is 5.64. The van der Waals surface area contributed by atoms with Gasteiger partial charge in [0.15, 0.2) is 5.96 Å². The maximum Gasteiger partial charge on any atom is 0.236 e. The summed E-state index contributed by atoms with van der Waals surface area (Å²) in [4.78, 5) is 12.6. The molecule has 4 rings (SSSR count). The molecular formula is C19H27IN4O3S. The Morgan fingerprint density at radius 1 is 1.36 bits per heavy atom. The zero-order valence-electron chi connectivity index (χ0n) is 16.0. The molecule has 9 heteroatoms. The number of hydrogen-bond acceptors (Lipinski definition) is 6. The molecule has 2 fully saturated rings. The molecule has 2 aliphatic heterocycles. The highest BCUT2D eigenvalue weighted by molar-refractivity contribution is 14.0. The van der Waals surface area contributed by atoms with Gasteiger partial charge in [-0.3, -0.25) is 0 Å². The Morgan fingerprint density at radius 3 is 3.00 bits per heavy atom. The molecule has 7 nitrogen and oxygen atoms in total. The minimum Gasteiger partial charge on any atom is -0.443 e. The number of oxazole rings is 1. The van der Waals surface area contributed by atoms with Crippen molar-refractivity contribution >= 4 is 41.3 Å². The zero-order chi connectivity index (χ0) is 18.5. The average Bonchev–Trinajstić information content (AvgIpc) is 3.47. The van der Waals surface area contributed by atoms with Crippen LogP contribution in [0, 0.1) is 0 Å². The van der Waals surface area contributed by atoms with Crippen LogP contribution < -0.4 is 5.32 Å². The number of morpholine rings is 1. The number of hydrogen-bond donors (Lipinski definition) is 1. The van der Waals surface area contributed by atoms with E-state index < -0.39 is 0 Å². The highest BCUT2D eigenvalue weighted by Crippen LogP contribution is 2.24. The molecule has 0 saturated carbocycles. The molecule has 0 spiro atoms. The average molecular weight is 518 g/mol. The standard InChI is InChI=1S/C19H26N4O3S.HI/c1-2-20-19(23-7-9-25-16(12-23)15-5-3-8-24-15)21-11-14-13-26-18(22-14)17-6-4-10-27-17;/h4,6,10,13,15-16H,2-3,5,7-9,11-12H2,1H3,(H,20,21);1H. The van der Waals surface area contributed by atoms with Gasteiger partial charge in [0.2, 0.25) is 5.89 Å². The van der Waals surface area contributed by atoms with Gasteiger partial charge in [0, 0.05) is 26.2 Å². The summed E-state index contributed by atoms with van der Waals surface area (Å²) in [6.45, 7) is 6.56. The second-order valence-corrected chi connectivity index (χ2v) is 7.65. The third kappa shape index (κ3) is 5.25. The van der Waals surface area contributed by atoms with Crippen molar-refractivity contribution in [2.75, 3.05) is 32.8 Å². The van der Waals surface area contributed by atoms with Crippen LogP contribution in [-0.2, 0) is 16.0 Å². The van der Waals surface area contributed by atoms with Gasteiger partial charge in [-0.05, 0) is 31.2 Å². The third-order valence-electron chi connectivity index (χ3n) is 4.78. The maximum atomic E-state index is 5.95. The zero-order valence-corrected chi connectivity index (χ0v) is 19.2. The van der Waals surface area contributed by atoms with Crippen molar-refractivity contribution in [3.8, 4) is 10.8 Å². The molecule has 2 atom stereocenters. The number of aromatic nitrogens is 1. The van der Waals surface area contributed by atoms with Crippen LogP contribution in [0.2, 0.25) is 0 Å². The van der Waals surface area contributed by atoms with E-state index in [1.165, 1.54) is 0 Å². The summed E-state index contributed by atoms with van der Waals surface area (Å²) in [7, 11) is 0. The van der Waals surface area contributed by atoms with Crippen molar-refractivity contribution in [1.82, 2.24) is 15.2 Å². The van der Waals surface area contributed by atoms with E-state index in [2.05, 4.69) is 22.1 Å². The number of thiophene rings is 1. The van der Waals surface area contributed by atoms with Crippen LogP contribution in [0.1, 0.15) is 25.5 Å². The van der Waals surface area contributed by atoms with Crippen LogP contribution >= 0.6 is 35.3 Å². The Bertz CT molecular complexity index is 746. The van der Waals surface area contributed by atoms with Gasteiger partial charge in [-0.25, -0.2) is 9.98 Å². The Kier molecular flexibility index (Phi) is 8.12. The van der Waals surface area contributed by atoms with Crippen molar-refractivity contribution in [3.05, 3.63) is 29.5 Å². The molecule has 0 bridgehead atoms. The normalized spacial score (nSPS) is 22.9. The molecule has 2 unspecified atom stereocenters. The first-order valence-corrected chi connectivity index (χ1v) is 10.5. The number of nitrogens with one attached hydrogen (secondary N) is 1. The Balaban J connectivity index is 0.00000225. The van der Waals surface area contributed by atoms with E-state index >= 15 is 0 Å². The largest absolute Gasteiger partial charge is 0.443 e. The molecular weight excluding hydrogens is 491 g/mol. The summed E-state index contributed by atoms with van der Waals surface area (Å²) in [5.74, 6) is 1.55. The summed E-state index contributed by atoms with van der Waals surface area (Å²) in [5, 5.41) is 5.41. The Hall–Kier alpha value is -1.17. The minimum atomic E-state index is 0. The lowest BCUT2D eigenvalue weighted by atomic mass is 10.1. The van der Waals surface area contributed by atoms with E-state index in [0.717, 1.165) is 55.6 Å². The molecule has 0 radical (unpaired) electrons. The molecule has 2 saturated heterocycles. The second-order valence-electron chi connectivity index (χ2n) is 6.70. The van der Waals surface area contributed by atoms with E-state index in [1.807, 2.05) is 17.5 Å². The van der Waals surface area contributed by atoms with Gasteiger partial charge < -0.3 is 24.1 Å². The highest BCUT2D eigenvalue weighted by Gasteiger charge is 2.32. The van der Waals surface area contributed by atoms with Crippen molar-refractivity contribution in [1.29, 1.82) is 0 Å². The van der Waals surface area contributed by atoms with E-state index in [-0.39, 0.29) is 36.2 Å². The summed E-state index contributed by atoms with van der Waals surface area (Å²) in [6.07, 6.45) is 4.21. The van der Waals surface area contributed by atoms with Crippen molar-refractivity contribution in [2.24, 2.45) is 4.99 Å². The predicted octanol–water partition coefficient (Wildman–Crippen LogP) is 3.37. The van der Waals surface area contributed by atoms with Crippen LogP contribution in [0.4, 0.5) is 0 Å². The fraction of sp³-hybridized carbons (Fsp3) is 0.579. The number of guanidine groups is 1. The summed E-state index contributed by atoms with van der Waals surface area (Å²) in [6, 6.07) is 4.00. The maximum absolute atomic E-state index is 5.95. The van der Waals surface area contributed by atoms with Gasteiger partial charge in [0.1, 0.15) is 18.1 Å². The van der Waals surface area contributed by atoms with Crippen molar-refractivity contribution in [2.45, 2.75) is 38.5 Å². The quantitative estimate of drug-likeness (QED) is 0.372. The fourth-order valence-electron chi connectivity index (χ4n) is 3.46. The van der Waals surface area contributed by atoms with Crippen LogP contribution in [0.25, 0.3) is 10.8 Å². The summed E-state index contributed by atoms with van der Waals surface area (Å²) < 4.78 is 17.4. The van der Waals surface area contributed by atoms with Gasteiger partial charge >= 0.3 is 0 Å². The van der Waals surface area contributed by atoms with E-state index in [1.54, 1.807) is 17.6 Å². The number of halogens is 1. The highest BCUT2D eigenvalue weighted by atomic mass is 127. The van der Waals surface area contributed by atoms with Gasteiger partial charge in [-0.15, -0.1) is 35.3 Å². The summed E-state index contributed by atoms with van der Waals surface area (Å²) >= 11 is 1.62. The predicted molar refractivity (Wildman–Crippen MR) is 120 cm³/mol. The lowest BCUT2D eigenvalue weighted by Crippen LogP contribution is -2.53. The van der Waals surface area contributed by atoms with E-state index in [9.17, 15) is 0 Å². The van der Waals surface area contributed by atoms with Crippen LogP contribution in [0.3, 0.4) is 0 Å². The molecule has 2 aliphatic rings. The molecule has 0 amide bonds. The molecule has 2 aromatic rings. The SMILES string of the molecule is CCNC(=NCc1coc(-c2cccs2)n1)N1CCOC(C2CCCO2)C1.I. The Labute approximate surface area is 186 Å². The lowest BCUT2D eigenvalue weighted by Gasteiger charge is -2.37. The topological polar surface area (TPSA) is 72.1 Å². The molecule has 0 aliphatic carbocycles. The number of nitrogens with zero attached hydrogens (tertiary/aromatic N) is 3. The number of aliphatic imine (C=N–C) groups is 1. The van der Waals surface area contributed by atoms with Gasteiger partial charge in [-0.2, -0.15) is 0 Å². The monoisotopic (exact) mass is 518 g/mol. The van der Waals surface area contributed by atoms with Crippen LogP contribution in [0.5, 0.6) is 0 Å². The summed E-state index contributed by atoms with van der Waals surface area (Å²) in [5.41, 5.74) is 0.831. The lowest BCUT2D eigenvalue weighted by molar-refractivity contribution is -0.0817. The number of ether oxygens (including phenoxy) is 2. The van der Waals surface area contributed by atoms with Gasteiger partial charge in [0.05, 0.1) is 24.1 Å².